The third kappa shape index (κ3) is 3.33. The molecular weight excluding hydrogens is 358 g/mol. The minimum Gasteiger partial charge on any atom is -0.468 e. The first kappa shape index (κ1) is 18.4. The normalized spacial score (nSPS) is 18.2. The molecule has 2 aliphatic heterocycles. The molecule has 2 aliphatic rings. The molecule has 3 amide bonds. The van der Waals surface area contributed by atoms with Crippen LogP contribution in [0.3, 0.4) is 0 Å². The van der Waals surface area contributed by atoms with Crippen LogP contribution in [0.15, 0.2) is 41.0 Å². The number of benzene rings is 1. The number of nitrogens with one attached hydrogen (secondary N) is 1. The summed E-state index contributed by atoms with van der Waals surface area (Å²) >= 11 is 0. The Morgan fingerprint density at radius 1 is 1.11 bits per heavy atom. The fraction of sp³-hybridized carbons (Fsp3) is 0.381. The summed E-state index contributed by atoms with van der Waals surface area (Å²) in [5, 5.41) is 2.96. The van der Waals surface area contributed by atoms with Crippen molar-refractivity contribution in [2.75, 3.05) is 26.7 Å². The fourth-order valence-electron chi connectivity index (χ4n) is 3.91. The number of carbonyl (C=O) groups is 3. The van der Waals surface area contributed by atoms with Gasteiger partial charge < -0.3 is 9.73 Å². The molecule has 0 unspecified atom stereocenters. The van der Waals surface area contributed by atoms with Crippen LogP contribution in [0.1, 0.15) is 62.1 Å². The molecule has 0 aliphatic carbocycles. The summed E-state index contributed by atoms with van der Waals surface area (Å²) in [6.45, 7) is 2.36. The summed E-state index contributed by atoms with van der Waals surface area (Å²) in [4.78, 5) is 40.3. The first-order valence-corrected chi connectivity index (χ1v) is 9.58. The first-order valence-electron chi connectivity index (χ1n) is 9.58. The number of imide groups is 1. The largest absolute Gasteiger partial charge is 0.468 e. The molecule has 28 heavy (non-hydrogen) atoms. The van der Waals surface area contributed by atoms with Crippen LogP contribution in [0.4, 0.5) is 0 Å². The highest BCUT2D eigenvalue weighted by Gasteiger charge is 2.33. The standard InChI is InChI=1S/C21H23N3O4/c1-23-20(26)15-8-7-14(12-16(15)21(23)27)19(25)22-13-17(18-6-5-11-28-18)24-9-3-2-4-10-24/h5-8,11-12,17H,2-4,9-10,13H2,1H3,(H,22,25)/t17-/m1/s1. The lowest BCUT2D eigenvalue weighted by Gasteiger charge is -2.33. The van der Waals surface area contributed by atoms with Gasteiger partial charge in [-0.2, -0.15) is 0 Å². The van der Waals surface area contributed by atoms with Crippen molar-refractivity contribution in [3.63, 3.8) is 0 Å². The summed E-state index contributed by atoms with van der Waals surface area (Å²) in [6.07, 6.45) is 5.15. The van der Waals surface area contributed by atoms with Gasteiger partial charge in [-0.05, 0) is 56.3 Å². The monoisotopic (exact) mass is 381 g/mol. The van der Waals surface area contributed by atoms with Crippen LogP contribution in [0.2, 0.25) is 0 Å². The topological polar surface area (TPSA) is 82.9 Å². The van der Waals surface area contributed by atoms with Crippen molar-refractivity contribution in [1.29, 1.82) is 0 Å². The second-order valence-corrected chi connectivity index (χ2v) is 7.27. The maximum absolute atomic E-state index is 12.7. The number of rotatable bonds is 5. The average Bonchev–Trinajstić information content (AvgIpc) is 3.33. The third-order valence-corrected chi connectivity index (χ3v) is 5.51. The van der Waals surface area contributed by atoms with Crippen LogP contribution in [0.5, 0.6) is 0 Å². The van der Waals surface area contributed by atoms with Gasteiger partial charge in [-0.15, -0.1) is 0 Å². The number of nitrogens with zero attached hydrogens (tertiary/aromatic N) is 2. The Balaban J connectivity index is 1.49. The molecule has 1 fully saturated rings. The van der Waals surface area contributed by atoms with Crippen LogP contribution < -0.4 is 5.32 Å². The van der Waals surface area contributed by atoms with Crippen molar-refractivity contribution in [2.24, 2.45) is 0 Å². The van der Waals surface area contributed by atoms with E-state index in [0.29, 0.717) is 17.7 Å². The van der Waals surface area contributed by atoms with Gasteiger partial charge >= 0.3 is 0 Å². The van der Waals surface area contributed by atoms with Crippen molar-refractivity contribution < 1.29 is 18.8 Å². The number of carbonyl (C=O) groups excluding carboxylic acids is 3. The molecule has 1 atom stereocenters. The Morgan fingerprint density at radius 3 is 2.57 bits per heavy atom. The number of fused-ring (bicyclic) bond motifs is 1. The number of furan rings is 1. The lowest BCUT2D eigenvalue weighted by molar-refractivity contribution is 0.0693. The highest BCUT2D eigenvalue weighted by Crippen LogP contribution is 2.25. The van der Waals surface area contributed by atoms with Crippen molar-refractivity contribution in [3.05, 3.63) is 59.0 Å². The van der Waals surface area contributed by atoms with Gasteiger partial charge in [-0.25, -0.2) is 0 Å². The van der Waals surface area contributed by atoms with Gasteiger partial charge in [-0.3, -0.25) is 24.2 Å². The smallest absolute Gasteiger partial charge is 0.261 e. The van der Waals surface area contributed by atoms with Gasteiger partial charge in [0, 0.05) is 19.2 Å². The van der Waals surface area contributed by atoms with Gasteiger partial charge in [0.2, 0.25) is 0 Å². The minimum atomic E-state index is -0.378. The van der Waals surface area contributed by atoms with E-state index in [1.165, 1.54) is 19.5 Å². The Labute approximate surface area is 163 Å². The molecule has 1 saturated heterocycles. The highest BCUT2D eigenvalue weighted by atomic mass is 16.3. The van der Waals surface area contributed by atoms with Crippen molar-refractivity contribution in [1.82, 2.24) is 15.1 Å². The van der Waals surface area contributed by atoms with Gasteiger partial charge in [0.05, 0.1) is 23.4 Å². The molecule has 0 bridgehead atoms. The molecule has 0 spiro atoms. The fourth-order valence-corrected chi connectivity index (χ4v) is 3.91. The van der Waals surface area contributed by atoms with Crippen LogP contribution in [-0.4, -0.2) is 54.2 Å². The first-order chi connectivity index (χ1) is 13.6. The van der Waals surface area contributed by atoms with E-state index in [9.17, 15) is 14.4 Å². The number of piperidine rings is 1. The van der Waals surface area contributed by atoms with Gasteiger partial charge in [0.15, 0.2) is 0 Å². The summed E-state index contributed by atoms with van der Waals surface area (Å²) in [6, 6.07) is 8.39. The third-order valence-electron chi connectivity index (χ3n) is 5.51. The lowest BCUT2D eigenvalue weighted by Crippen LogP contribution is -2.40. The maximum Gasteiger partial charge on any atom is 0.261 e. The molecular formula is C21H23N3O4. The van der Waals surface area contributed by atoms with Gasteiger partial charge in [-0.1, -0.05) is 6.42 Å². The molecule has 0 saturated carbocycles. The summed E-state index contributed by atoms with van der Waals surface area (Å²) in [7, 11) is 1.44. The Bertz CT molecular complexity index is 900. The van der Waals surface area contributed by atoms with E-state index in [2.05, 4.69) is 10.2 Å². The zero-order valence-electron chi connectivity index (χ0n) is 15.8. The van der Waals surface area contributed by atoms with E-state index in [0.717, 1.165) is 36.6 Å². The SMILES string of the molecule is CN1C(=O)c2ccc(C(=O)NC[C@H](c3ccco3)N3CCCCC3)cc2C1=O. The quantitative estimate of drug-likeness (QED) is 0.805. The van der Waals surface area contributed by atoms with Crippen molar-refractivity contribution in [2.45, 2.75) is 25.3 Å². The Kier molecular flexibility index (Phi) is 5.00. The Hall–Kier alpha value is -2.93. The van der Waals surface area contributed by atoms with E-state index in [1.54, 1.807) is 18.4 Å². The number of amides is 3. The molecule has 4 rings (SSSR count). The Morgan fingerprint density at radius 2 is 1.86 bits per heavy atom. The second-order valence-electron chi connectivity index (χ2n) is 7.27. The second kappa shape index (κ2) is 7.59. The molecule has 1 aromatic heterocycles. The molecule has 146 valence electrons. The maximum atomic E-state index is 12.7. The highest BCUT2D eigenvalue weighted by molar-refractivity contribution is 6.21. The van der Waals surface area contributed by atoms with Crippen molar-refractivity contribution >= 4 is 17.7 Å². The van der Waals surface area contributed by atoms with Crippen LogP contribution >= 0.6 is 0 Å². The zero-order chi connectivity index (χ0) is 19.7. The van der Waals surface area contributed by atoms with Gasteiger partial charge in [0.1, 0.15) is 5.76 Å². The zero-order valence-corrected chi connectivity index (χ0v) is 15.8. The predicted octanol–water partition coefficient (Wildman–Crippen LogP) is 2.46. The van der Waals surface area contributed by atoms with E-state index < -0.39 is 0 Å². The van der Waals surface area contributed by atoms with E-state index in [4.69, 9.17) is 4.42 Å². The average molecular weight is 381 g/mol. The molecule has 1 N–H and O–H groups in total. The molecule has 7 heteroatoms. The minimum absolute atomic E-state index is 0.0250. The summed E-state index contributed by atoms with van der Waals surface area (Å²) in [5.74, 6) is -0.156. The van der Waals surface area contributed by atoms with E-state index >= 15 is 0 Å². The molecule has 2 aromatic rings. The number of hydrogen-bond donors (Lipinski definition) is 1. The molecule has 3 heterocycles. The van der Waals surface area contributed by atoms with E-state index in [1.807, 2.05) is 12.1 Å². The molecule has 7 nitrogen and oxygen atoms in total. The van der Waals surface area contributed by atoms with E-state index in [-0.39, 0.29) is 29.3 Å². The van der Waals surface area contributed by atoms with Crippen molar-refractivity contribution in [3.8, 4) is 0 Å². The molecule has 0 radical (unpaired) electrons. The van der Waals surface area contributed by atoms with Crippen LogP contribution in [0, 0.1) is 0 Å². The summed E-state index contributed by atoms with van der Waals surface area (Å²) in [5.41, 5.74) is 0.983. The summed E-state index contributed by atoms with van der Waals surface area (Å²) < 4.78 is 5.60. The number of likely N-dealkylation sites (tertiary alicyclic amines) is 1. The van der Waals surface area contributed by atoms with Crippen LogP contribution in [0.25, 0.3) is 0 Å². The van der Waals surface area contributed by atoms with Gasteiger partial charge in [0.25, 0.3) is 17.7 Å². The van der Waals surface area contributed by atoms with Crippen LogP contribution in [-0.2, 0) is 0 Å². The predicted molar refractivity (Wildman–Crippen MR) is 102 cm³/mol. The molecule has 1 aromatic carbocycles. The number of hydrogen-bond acceptors (Lipinski definition) is 5. The lowest BCUT2D eigenvalue weighted by atomic mass is 10.0.